The van der Waals surface area contributed by atoms with Gasteiger partial charge in [-0.25, -0.2) is 8.78 Å². The molecule has 80 valence electrons. The van der Waals surface area contributed by atoms with E-state index >= 15 is 0 Å². The zero-order valence-electron chi connectivity index (χ0n) is 7.97. The monoisotopic (exact) mass is 204 g/mol. The van der Waals surface area contributed by atoms with Crippen molar-refractivity contribution in [2.24, 2.45) is 11.3 Å². The van der Waals surface area contributed by atoms with Crippen LogP contribution in [0.2, 0.25) is 0 Å². The molecule has 0 aromatic carbocycles. The molecular formula is C8H13F5. The Balaban J connectivity index is 4.86. The first-order chi connectivity index (χ1) is 5.40. The van der Waals surface area contributed by atoms with Gasteiger partial charge in [-0.3, -0.25) is 0 Å². The topological polar surface area (TPSA) is 0 Å². The maximum atomic E-state index is 13.1. The Bertz CT molecular complexity index is 174. The molecule has 0 bridgehead atoms. The zero-order chi connectivity index (χ0) is 11.1. The molecule has 1 atom stereocenters. The third-order valence-electron chi connectivity index (χ3n) is 2.03. The Morgan fingerprint density at radius 1 is 0.846 bits per heavy atom. The molecule has 0 aliphatic heterocycles. The SMILES string of the molecule is CC(C(F)(F)F)C(F)(F)C(C)(C)C. The average molecular weight is 204 g/mol. The van der Waals surface area contributed by atoms with E-state index in [4.69, 9.17) is 0 Å². The van der Waals surface area contributed by atoms with E-state index in [2.05, 4.69) is 0 Å². The highest BCUT2D eigenvalue weighted by molar-refractivity contribution is 4.89. The van der Waals surface area contributed by atoms with Gasteiger partial charge in [0.1, 0.15) is 5.92 Å². The Morgan fingerprint density at radius 2 is 1.15 bits per heavy atom. The van der Waals surface area contributed by atoms with Crippen molar-refractivity contribution in [1.29, 1.82) is 0 Å². The lowest BCUT2D eigenvalue weighted by Crippen LogP contribution is -2.46. The van der Waals surface area contributed by atoms with Gasteiger partial charge in [-0.1, -0.05) is 20.8 Å². The molecule has 0 heterocycles. The molecule has 0 amide bonds. The van der Waals surface area contributed by atoms with Crippen LogP contribution in [0.5, 0.6) is 0 Å². The molecule has 13 heavy (non-hydrogen) atoms. The minimum atomic E-state index is -4.85. The quantitative estimate of drug-likeness (QED) is 0.569. The number of hydrogen-bond donors (Lipinski definition) is 0. The van der Waals surface area contributed by atoms with Gasteiger partial charge in [0.25, 0.3) is 5.92 Å². The summed E-state index contributed by atoms with van der Waals surface area (Å²) < 4.78 is 62.2. The Morgan fingerprint density at radius 3 is 1.23 bits per heavy atom. The first-order valence-electron chi connectivity index (χ1n) is 3.85. The van der Waals surface area contributed by atoms with Gasteiger partial charge in [0, 0.05) is 5.41 Å². The molecule has 1 unspecified atom stereocenters. The molecular weight excluding hydrogens is 191 g/mol. The van der Waals surface area contributed by atoms with E-state index in [-0.39, 0.29) is 0 Å². The van der Waals surface area contributed by atoms with E-state index in [0.717, 1.165) is 20.8 Å². The average Bonchev–Trinajstić information content (AvgIpc) is 1.81. The molecule has 0 radical (unpaired) electrons. The van der Waals surface area contributed by atoms with Crippen LogP contribution in [0.25, 0.3) is 0 Å². The van der Waals surface area contributed by atoms with Crippen molar-refractivity contribution in [3.8, 4) is 0 Å². The Kier molecular flexibility index (Phi) is 3.02. The van der Waals surface area contributed by atoms with E-state index < -0.39 is 23.4 Å². The summed E-state index contributed by atoms with van der Waals surface area (Å²) in [5, 5.41) is 0. The van der Waals surface area contributed by atoms with Gasteiger partial charge in [0.05, 0.1) is 0 Å². The molecule has 0 aromatic heterocycles. The fraction of sp³-hybridized carbons (Fsp3) is 1.00. The number of alkyl halides is 5. The van der Waals surface area contributed by atoms with E-state index in [9.17, 15) is 22.0 Å². The van der Waals surface area contributed by atoms with Crippen molar-refractivity contribution in [2.45, 2.75) is 39.8 Å². The number of rotatable bonds is 1. The highest BCUT2D eigenvalue weighted by Gasteiger charge is 2.58. The smallest absolute Gasteiger partial charge is 0.206 e. The summed E-state index contributed by atoms with van der Waals surface area (Å²) in [6.07, 6.45) is -4.85. The molecule has 5 heteroatoms. The summed E-state index contributed by atoms with van der Waals surface area (Å²) in [5.41, 5.74) is -1.68. The number of hydrogen-bond acceptors (Lipinski definition) is 0. The molecule has 0 saturated carbocycles. The van der Waals surface area contributed by atoms with Crippen molar-refractivity contribution in [3.63, 3.8) is 0 Å². The van der Waals surface area contributed by atoms with Crippen LogP contribution in [-0.4, -0.2) is 12.1 Å². The van der Waals surface area contributed by atoms with E-state index in [0.29, 0.717) is 6.92 Å². The second-order valence-electron chi connectivity index (χ2n) is 4.14. The Hall–Kier alpha value is -0.350. The summed E-state index contributed by atoms with van der Waals surface area (Å²) in [4.78, 5) is 0. The highest BCUT2D eigenvalue weighted by atomic mass is 19.4. The summed E-state index contributed by atoms with van der Waals surface area (Å²) in [7, 11) is 0. The van der Waals surface area contributed by atoms with Gasteiger partial charge in [-0.2, -0.15) is 13.2 Å². The van der Waals surface area contributed by atoms with Gasteiger partial charge in [0.15, 0.2) is 0 Å². The van der Waals surface area contributed by atoms with Gasteiger partial charge >= 0.3 is 6.18 Å². The van der Waals surface area contributed by atoms with Crippen LogP contribution >= 0.6 is 0 Å². The van der Waals surface area contributed by atoms with Crippen LogP contribution in [0, 0.1) is 11.3 Å². The second-order valence-corrected chi connectivity index (χ2v) is 4.14. The molecule has 0 aliphatic rings. The molecule has 0 aliphatic carbocycles. The third-order valence-corrected chi connectivity index (χ3v) is 2.03. The van der Waals surface area contributed by atoms with Crippen LogP contribution in [0.15, 0.2) is 0 Å². The molecule has 0 N–H and O–H groups in total. The normalized spacial score (nSPS) is 17.3. The first-order valence-corrected chi connectivity index (χ1v) is 3.85. The number of halogens is 5. The van der Waals surface area contributed by atoms with Gasteiger partial charge in [-0.05, 0) is 6.92 Å². The fourth-order valence-corrected chi connectivity index (χ4v) is 0.855. The van der Waals surface area contributed by atoms with Crippen molar-refractivity contribution < 1.29 is 22.0 Å². The van der Waals surface area contributed by atoms with Gasteiger partial charge in [0.2, 0.25) is 0 Å². The minimum absolute atomic E-state index is 0.505. The molecule has 0 saturated heterocycles. The summed E-state index contributed by atoms with van der Waals surface area (Å²) >= 11 is 0. The van der Waals surface area contributed by atoms with Crippen LogP contribution in [-0.2, 0) is 0 Å². The maximum Gasteiger partial charge on any atom is 0.397 e. The fourth-order valence-electron chi connectivity index (χ4n) is 0.855. The van der Waals surface area contributed by atoms with E-state index in [1.165, 1.54) is 0 Å². The van der Waals surface area contributed by atoms with Crippen LogP contribution in [0.1, 0.15) is 27.7 Å². The van der Waals surface area contributed by atoms with Crippen molar-refractivity contribution in [2.75, 3.05) is 0 Å². The summed E-state index contributed by atoms with van der Waals surface area (Å²) in [6, 6.07) is 0. The molecule has 0 aromatic rings. The van der Waals surface area contributed by atoms with Gasteiger partial charge in [-0.15, -0.1) is 0 Å². The molecule has 0 nitrogen and oxygen atoms in total. The standard InChI is InChI=1S/C8H13F5/c1-5(8(11,12)13)7(9,10)6(2,3)4/h5H,1-4H3. The van der Waals surface area contributed by atoms with E-state index in [1.54, 1.807) is 0 Å². The lowest BCUT2D eigenvalue weighted by molar-refractivity contribution is -0.261. The predicted molar refractivity (Wildman–Crippen MR) is 39.6 cm³/mol. The first kappa shape index (κ1) is 12.7. The maximum absolute atomic E-state index is 13.1. The van der Waals surface area contributed by atoms with Crippen molar-refractivity contribution in [3.05, 3.63) is 0 Å². The molecule has 0 fully saturated rings. The van der Waals surface area contributed by atoms with Crippen LogP contribution in [0.3, 0.4) is 0 Å². The van der Waals surface area contributed by atoms with Gasteiger partial charge < -0.3 is 0 Å². The summed E-state index contributed by atoms with van der Waals surface area (Å²) in [5.74, 6) is -6.36. The molecule has 0 spiro atoms. The highest BCUT2D eigenvalue weighted by Crippen LogP contribution is 2.47. The lowest BCUT2D eigenvalue weighted by atomic mass is 9.80. The summed E-state index contributed by atoms with van der Waals surface area (Å²) in [6.45, 7) is 3.78. The molecule has 0 rings (SSSR count). The van der Waals surface area contributed by atoms with Crippen LogP contribution < -0.4 is 0 Å². The van der Waals surface area contributed by atoms with Crippen LogP contribution in [0.4, 0.5) is 22.0 Å². The predicted octanol–water partition coefficient (Wildman–Crippen LogP) is 3.87. The van der Waals surface area contributed by atoms with Crippen molar-refractivity contribution >= 4 is 0 Å². The minimum Gasteiger partial charge on any atom is -0.206 e. The third kappa shape index (κ3) is 2.54. The Labute approximate surface area is 74.1 Å². The van der Waals surface area contributed by atoms with Crippen molar-refractivity contribution in [1.82, 2.24) is 0 Å². The zero-order valence-corrected chi connectivity index (χ0v) is 7.97. The second kappa shape index (κ2) is 3.10. The lowest BCUT2D eigenvalue weighted by Gasteiger charge is -2.35. The van der Waals surface area contributed by atoms with E-state index in [1.807, 2.05) is 0 Å². The largest absolute Gasteiger partial charge is 0.397 e.